The quantitative estimate of drug-likeness (QED) is 0.108. The van der Waals surface area contributed by atoms with Crippen LogP contribution in [0.15, 0.2) is 55.8 Å². The topological polar surface area (TPSA) is 256 Å². The number of aromatic amines is 2. The summed E-state index contributed by atoms with van der Waals surface area (Å²) in [6.07, 6.45) is 0. The van der Waals surface area contributed by atoms with Crippen molar-refractivity contribution in [1.82, 2.24) is 29.9 Å². The second-order valence-corrected chi connectivity index (χ2v) is 10.5. The Morgan fingerprint density at radius 2 is 1.00 bits per heavy atom. The van der Waals surface area contributed by atoms with E-state index < -0.39 is 52.5 Å². The zero-order chi connectivity index (χ0) is 27.8. The molecule has 2 aromatic heterocycles. The molecule has 40 heavy (non-hydrogen) atoms. The van der Waals surface area contributed by atoms with Gasteiger partial charge >= 0.3 is 70.5 Å². The Bertz CT molecular complexity index is 1780. The SMILES string of the molecule is O=c1nc(Nc2ccc(-c3ccc(Nc4nc(Cl)[nH]c(=O)n4)cc3S(=O)(=O)[O-])c(S(=O)(=O)[O-])c2)nc(Cl)[nH]1.[Na+].[Na+]. The second-order valence-electron chi connectivity index (χ2n) is 7.12. The van der Waals surface area contributed by atoms with E-state index in [0.29, 0.717) is 0 Å². The number of anilines is 4. The van der Waals surface area contributed by atoms with Gasteiger partial charge in [0.1, 0.15) is 20.2 Å². The number of aromatic nitrogens is 6. The van der Waals surface area contributed by atoms with Crippen LogP contribution >= 0.6 is 23.2 Å². The molecule has 4 N–H and O–H groups in total. The van der Waals surface area contributed by atoms with Gasteiger partial charge in [-0.3, -0.25) is 9.97 Å². The molecule has 16 nitrogen and oxygen atoms in total. The molecule has 2 heterocycles. The fourth-order valence-corrected chi connectivity index (χ4v) is 4.90. The van der Waals surface area contributed by atoms with Gasteiger partial charge in [0.2, 0.25) is 22.5 Å². The average Bonchev–Trinajstić information content (AvgIpc) is 2.76. The summed E-state index contributed by atoms with van der Waals surface area (Å²) in [5.74, 6) is -0.665. The van der Waals surface area contributed by atoms with Crippen LogP contribution in [0.4, 0.5) is 23.3 Å². The third-order valence-corrected chi connectivity index (χ3v) is 6.66. The Morgan fingerprint density at radius 3 is 1.30 bits per heavy atom. The van der Waals surface area contributed by atoms with Crippen LogP contribution in [-0.4, -0.2) is 55.8 Å². The van der Waals surface area contributed by atoms with Crippen molar-refractivity contribution in [2.45, 2.75) is 9.79 Å². The Kier molecular flexibility index (Phi) is 11.4. The van der Waals surface area contributed by atoms with Crippen LogP contribution in [0, 0.1) is 0 Å². The van der Waals surface area contributed by atoms with Crippen molar-refractivity contribution in [3.8, 4) is 11.1 Å². The van der Waals surface area contributed by atoms with Crippen molar-refractivity contribution >= 4 is 66.7 Å². The van der Waals surface area contributed by atoms with E-state index in [2.05, 4.69) is 40.5 Å². The minimum atomic E-state index is -5.25. The largest absolute Gasteiger partial charge is 1.00 e. The minimum absolute atomic E-state index is 0. The number of benzene rings is 2. The number of hydrogen-bond donors (Lipinski definition) is 4. The van der Waals surface area contributed by atoms with E-state index in [1.165, 1.54) is 12.1 Å². The number of nitrogens with one attached hydrogen (secondary N) is 4. The zero-order valence-electron chi connectivity index (χ0n) is 20.1. The molecular weight excluding hydrogens is 637 g/mol. The number of hydrogen-bond acceptors (Lipinski definition) is 14. The molecule has 0 aliphatic carbocycles. The second kappa shape index (κ2) is 13.4. The first-order chi connectivity index (χ1) is 17.7. The fourth-order valence-electron chi connectivity index (χ4n) is 3.15. The van der Waals surface area contributed by atoms with Gasteiger partial charge in [-0.05, 0) is 47.5 Å². The van der Waals surface area contributed by atoms with Gasteiger partial charge in [0.15, 0.2) is 0 Å². The molecule has 0 amide bonds. The molecule has 198 valence electrons. The normalized spacial score (nSPS) is 11.2. The molecule has 0 bridgehead atoms. The van der Waals surface area contributed by atoms with Gasteiger partial charge in [-0.1, -0.05) is 12.1 Å². The maximum absolute atomic E-state index is 12.1. The van der Waals surface area contributed by atoms with E-state index in [0.717, 1.165) is 24.3 Å². The van der Waals surface area contributed by atoms with Gasteiger partial charge in [0.25, 0.3) is 0 Å². The number of halogens is 2. The van der Waals surface area contributed by atoms with Gasteiger partial charge in [-0.2, -0.15) is 19.9 Å². The molecule has 4 aromatic rings. The molecule has 0 spiro atoms. The molecule has 0 radical (unpaired) electrons. The van der Waals surface area contributed by atoms with Crippen molar-refractivity contribution in [2.75, 3.05) is 10.6 Å². The minimum Gasteiger partial charge on any atom is -0.744 e. The van der Waals surface area contributed by atoms with Gasteiger partial charge < -0.3 is 19.7 Å². The summed E-state index contributed by atoms with van der Waals surface area (Å²) < 4.78 is 72.5. The van der Waals surface area contributed by atoms with E-state index in [1.54, 1.807) is 0 Å². The first-order valence-corrected chi connectivity index (χ1v) is 13.3. The number of H-pyrrole nitrogens is 2. The smallest absolute Gasteiger partial charge is 0.744 e. The fraction of sp³-hybridized carbons (Fsp3) is 0. The molecule has 4 rings (SSSR count). The van der Waals surface area contributed by atoms with Crippen LogP contribution in [0.25, 0.3) is 11.1 Å². The van der Waals surface area contributed by atoms with Crippen LogP contribution in [0.2, 0.25) is 10.6 Å². The van der Waals surface area contributed by atoms with Crippen LogP contribution in [-0.2, 0) is 20.2 Å². The monoisotopic (exact) mass is 646 g/mol. The Balaban J connectivity index is 0.00000280. The molecule has 0 unspecified atom stereocenters. The van der Waals surface area contributed by atoms with Crippen LogP contribution in [0.5, 0.6) is 0 Å². The maximum atomic E-state index is 12.1. The molecule has 0 saturated heterocycles. The summed E-state index contributed by atoms with van der Waals surface area (Å²) >= 11 is 11.3. The molecule has 0 aliphatic rings. The zero-order valence-corrected chi connectivity index (χ0v) is 27.2. The van der Waals surface area contributed by atoms with E-state index in [4.69, 9.17) is 23.2 Å². The standard InChI is InChI=1S/C18H12Cl2N8O8S2.2Na/c19-13-23-15(27-17(29)25-13)21-7-1-3-9(11(5-7)37(31,32)33)10-4-2-8(6-12(10)38(34,35)36)22-16-24-14(20)26-18(30)28-16;;/h1-6H,(H,31,32,33)(H,34,35,36)(H2,21,23,25,27,29)(H2,22,24,26,28,30);;/q;2*+1/p-2. The summed E-state index contributed by atoms with van der Waals surface area (Å²) in [6, 6.07) is 6.19. The van der Waals surface area contributed by atoms with Crippen molar-refractivity contribution < 1.29 is 85.1 Å². The van der Waals surface area contributed by atoms with Crippen LogP contribution in [0.3, 0.4) is 0 Å². The Morgan fingerprint density at radius 1 is 0.650 bits per heavy atom. The van der Waals surface area contributed by atoms with Crippen LogP contribution in [0.1, 0.15) is 0 Å². The predicted octanol–water partition coefficient (Wildman–Crippen LogP) is -5.08. The third kappa shape index (κ3) is 8.54. The molecule has 0 saturated carbocycles. The van der Waals surface area contributed by atoms with E-state index in [-0.39, 0.29) is 93.0 Å². The van der Waals surface area contributed by atoms with Gasteiger partial charge in [0, 0.05) is 22.5 Å². The summed E-state index contributed by atoms with van der Waals surface area (Å²) in [7, 11) is -10.5. The van der Waals surface area contributed by atoms with Crippen LogP contribution < -0.4 is 81.1 Å². The van der Waals surface area contributed by atoms with Crippen molar-refractivity contribution in [3.63, 3.8) is 0 Å². The van der Waals surface area contributed by atoms with E-state index in [9.17, 15) is 35.5 Å². The average molecular weight is 647 g/mol. The summed E-state index contributed by atoms with van der Waals surface area (Å²) in [6.45, 7) is 0. The first-order valence-electron chi connectivity index (χ1n) is 9.71. The summed E-state index contributed by atoms with van der Waals surface area (Å²) in [5.41, 5.74) is -2.75. The molecule has 22 heteroatoms. The molecule has 0 atom stereocenters. The van der Waals surface area contributed by atoms with Gasteiger partial charge in [0.05, 0.1) is 9.79 Å². The summed E-state index contributed by atoms with van der Waals surface area (Å²) in [5, 5.41) is 4.34. The Hall–Kier alpha value is -1.94. The number of nitrogens with zero attached hydrogens (tertiary/aromatic N) is 4. The first kappa shape index (κ1) is 34.3. The van der Waals surface area contributed by atoms with E-state index >= 15 is 0 Å². The summed E-state index contributed by atoms with van der Waals surface area (Å²) in [4.78, 5) is 39.7. The van der Waals surface area contributed by atoms with Crippen molar-refractivity contribution in [3.05, 3.63) is 67.9 Å². The molecule has 2 aromatic carbocycles. The predicted molar refractivity (Wildman–Crippen MR) is 130 cm³/mol. The van der Waals surface area contributed by atoms with E-state index in [1.807, 2.05) is 0 Å². The van der Waals surface area contributed by atoms with Crippen molar-refractivity contribution in [1.29, 1.82) is 0 Å². The maximum Gasteiger partial charge on any atom is 1.00 e. The molecule has 0 aliphatic heterocycles. The van der Waals surface area contributed by atoms with Gasteiger partial charge in [-0.25, -0.2) is 26.4 Å². The molecular formula is C18H10Cl2N8Na2O8S2. The van der Waals surface area contributed by atoms with Crippen molar-refractivity contribution in [2.24, 2.45) is 0 Å². The third-order valence-electron chi connectivity index (χ3n) is 4.55. The molecule has 0 fully saturated rings. The van der Waals surface area contributed by atoms with Gasteiger partial charge in [-0.15, -0.1) is 0 Å². The number of rotatable bonds is 7. The Labute approximate surface area is 278 Å².